The molecule has 33 heavy (non-hydrogen) atoms. The first-order chi connectivity index (χ1) is 16.0. The van der Waals surface area contributed by atoms with E-state index in [1.165, 1.54) is 0 Å². The average molecular weight is 444 g/mol. The second-order valence-electron chi connectivity index (χ2n) is 7.75. The number of amides is 1. The smallest absolute Gasteiger partial charge is 0.273 e. The number of nitrogens with zero attached hydrogens (tertiary/aromatic N) is 2. The van der Waals surface area contributed by atoms with E-state index in [1.54, 1.807) is 6.92 Å². The SMILES string of the molecule is CCOc1cc([N+](=O)[O-])cc(/C=N\NC(=O)[C@H]2CC2(c2ccccc2)c2ccccc2)c1[O-]. The lowest BCUT2D eigenvalue weighted by Crippen LogP contribution is -2.25. The van der Waals surface area contributed by atoms with Crippen molar-refractivity contribution in [3.63, 3.8) is 0 Å². The summed E-state index contributed by atoms with van der Waals surface area (Å²) in [6.45, 7) is 1.86. The van der Waals surface area contributed by atoms with E-state index in [4.69, 9.17) is 4.74 Å². The molecule has 3 aromatic rings. The lowest BCUT2D eigenvalue weighted by molar-refractivity contribution is -0.385. The number of carbonyl (C=O) groups excluding carboxylic acids is 1. The van der Waals surface area contributed by atoms with Gasteiger partial charge in [-0.3, -0.25) is 14.9 Å². The van der Waals surface area contributed by atoms with Gasteiger partial charge in [-0.2, -0.15) is 5.10 Å². The molecule has 0 aromatic heterocycles. The Morgan fingerprint density at radius 3 is 2.30 bits per heavy atom. The summed E-state index contributed by atoms with van der Waals surface area (Å²) in [5, 5.41) is 27.6. The molecule has 0 spiro atoms. The van der Waals surface area contributed by atoms with E-state index in [2.05, 4.69) is 10.5 Å². The van der Waals surface area contributed by atoms with Crippen LogP contribution in [0.1, 0.15) is 30.0 Å². The van der Waals surface area contributed by atoms with Crippen LogP contribution in [0.2, 0.25) is 0 Å². The number of non-ortho nitro benzene ring substituents is 1. The number of rotatable bonds is 8. The molecule has 1 amide bonds. The Morgan fingerprint density at radius 2 is 1.76 bits per heavy atom. The average Bonchev–Trinajstić information content (AvgIpc) is 3.59. The highest BCUT2D eigenvalue weighted by Crippen LogP contribution is 2.58. The van der Waals surface area contributed by atoms with Crippen molar-refractivity contribution in [1.29, 1.82) is 0 Å². The molecule has 1 fully saturated rings. The van der Waals surface area contributed by atoms with Gasteiger partial charge >= 0.3 is 0 Å². The van der Waals surface area contributed by atoms with E-state index in [-0.39, 0.29) is 35.4 Å². The van der Waals surface area contributed by atoms with Gasteiger partial charge in [0.25, 0.3) is 5.69 Å². The fraction of sp³-hybridized carbons (Fsp3) is 0.200. The minimum absolute atomic E-state index is 0.0406. The predicted molar refractivity (Wildman–Crippen MR) is 121 cm³/mol. The Hall–Kier alpha value is -4.20. The molecule has 0 saturated heterocycles. The zero-order valence-electron chi connectivity index (χ0n) is 17.9. The summed E-state index contributed by atoms with van der Waals surface area (Å²) in [7, 11) is 0. The summed E-state index contributed by atoms with van der Waals surface area (Å²) in [6, 6.07) is 21.8. The van der Waals surface area contributed by atoms with E-state index >= 15 is 0 Å². The third kappa shape index (κ3) is 4.27. The zero-order chi connectivity index (χ0) is 23.4. The first-order valence-electron chi connectivity index (χ1n) is 10.5. The van der Waals surface area contributed by atoms with E-state index in [0.717, 1.165) is 29.5 Å². The Morgan fingerprint density at radius 1 is 1.15 bits per heavy atom. The molecule has 0 radical (unpaired) electrons. The van der Waals surface area contributed by atoms with E-state index in [9.17, 15) is 20.0 Å². The number of benzene rings is 3. The van der Waals surface area contributed by atoms with Gasteiger partial charge in [-0.15, -0.1) is 0 Å². The van der Waals surface area contributed by atoms with Crippen molar-refractivity contribution in [2.75, 3.05) is 6.61 Å². The van der Waals surface area contributed by atoms with Gasteiger partial charge in [0.15, 0.2) is 0 Å². The topological polar surface area (TPSA) is 117 Å². The van der Waals surface area contributed by atoms with Crippen molar-refractivity contribution in [1.82, 2.24) is 5.43 Å². The Kier molecular flexibility index (Phi) is 6.08. The lowest BCUT2D eigenvalue weighted by atomic mass is 9.85. The van der Waals surface area contributed by atoms with Crippen LogP contribution in [0.15, 0.2) is 77.9 Å². The summed E-state index contributed by atoms with van der Waals surface area (Å²) in [5.74, 6) is -1.29. The number of nitrogens with one attached hydrogen (secondary N) is 1. The highest BCUT2D eigenvalue weighted by atomic mass is 16.6. The fourth-order valence-corrected chi connectivity index (χ4v) is 4.17. The molecule has 0 aliphatic heterocycles. The molecule has 8 heteroatoms. The molecule has 1 aliphatic rings. The molecule has 0 unspecified atom stereocenters. The van der Waals surface area contributed by atoms with Crippen LogP contribution in [0, 0.1) is 16.0 Å². The fourth-order valence-electron chi connectivity index (χ4n) is 4.17. The first-order valence-corrected chi connectivity index (χ1v) is 10.5. The van der Waals surface area contributed by atoms with Crippen LogP contribution in [-0.4, -0.2) is 23.7 Å². The van der Waals surface area contributed by atoms with Crippen molar-refractivity contribution in [3.05, 3.63) is 99.6 Å². The molecule has 0 heterocycles. The summed E-state index contributed by atoms with van der Waals surface area (Å²) in [6.07, 6.45) is 1.74. The van der Waals surface area contributed by atoms with Crippen molar-refractivity contribution in [2.24, 2.45) is 11.0 Å². The highest BCUT2D eigenvalue weighted by Gasteiger charge is 2.60. The predicted octanol–water partition coefficient (Wildman–Crippen LogP) is 3.52. The third-order valence-electron chi connectivity index (χ3n) is 5.81. The summed E-state index contributed by atoms with van der Waals surface area (Å²) in [5.41, 5.74) is 3.81. The van der Waals surface area contributed by atoms with Gasteiger partial charge in [0.2, 0.25) is 5.91 Å². The van der Waals surface area contributed by atoms with Crippen LogP contribution < -0.4 is 15.3 Å². The van der Waals surface area contributed by atoms with Crippen LogP contribution in [0.25, 0.3) is 0 Å². The van der Waals surface area contributed by atoms with E-state index in [1.807, 2.05) is 60.7 Å². The second-order valence-corrected chi connectivity index (χ2v) is 7.75. The quantitative estimate of drug-likeness (QED) is 0.324. The van der Waals surface area contributed by atoms with Crippen LogP contribution >= 0.6 is 0 Å². The molecule has 1 aliphatic carbocycles. The minimum Gasteiger partial charge on any atom is -0.870 e. The third-order valence-corrected chi connectivity index (χ3v) is 5.81. The zero-order valence-corrected chi connectivity index (χ0v) is 17.9. The van der Waals surface area contributed by atoms with Gasteiger partial charge in [0.1, 0.15) is 5.75 Å². The number of hydrogen-bond donors (Lipinski definition) is 1. The monoisotopic (exact) mass is 444 g/mol. The van der Waals surface area contributed by atoms with Gasteiger partial charge in [0, 0.05) is 11.5 Å². The molecular formula is C25H22N3O5-. The number of ether oxygens (including phenoxy) is 1. The van der Waals surface area contributed by atoms with Gasteiger partial charge in [-0.05, 0) is 30.0 Å². The van der Waals surface area contributed by atoms with E-state index < -0.39 is 16.1 Å². The Bertz CT molecular complexity index is 1160. The number of nitro benzene ring substituents is 1. The normalized spacial score (nSPS) is 16.3. The molecule has 8 nitrogen and oxygen atoms in total. The molecule has 1 saturated carbocycles. The molecule has 4 rings (SSSR count). The van der Waals surface area contributed by atoms with Gasteiger partial charge in [-0.1, -0.05) is 66.4 Å². The largest absolute Gasteiger partial charge is 0.870 e. The Labute approximate surface area is 190 Å². The van der Waals surface area contributed by atoms with Crippen molar-refractivity contribution in [3.8, 4) is 11.5 Å². The molecular weight excluding hydrogens is 422 g/mol. The minimum atomic E-state index is -0.615. The van der Waals surface area contributed by atoms with E-state index in [0.29, 0.717) is 6.42 Å². The molecule has 0 bridgehead atoms. The summed E-state index contributed by atoms with van der Waals surface area (Å²) >= 11 is 0. The highest BCUT2D eigenvalue weighted by molar-refractivity contribution is 5.89. The van der Waals surface area contributed by atoms with Crippen molar-refractivity contribution >= 4 is 17.8 Å². The summed E-state index contributed by atoms with van der Waals surface area (Å²) < 4.78 is 5.20. The van der Waals surface area contributed by atoms with Crippen LogP contribution in [0.5, 0.6) is 11.5 Å². The first kappa shape index (κ1) is 22.0. The maximum Gasteiger partial charge on any atom is 0.273 e. The number of hydrogen-bond acceptors (Lipinski definition) is 6. The van der Waals surface area contributed by atoms with Gasteiger partial charge in [0.05, 0.1) is 29.7 Å². The standard InChI is InChI=1S/C25H23N3O5/c1-2-33-22-14-20(28(31)32)13-17(23(22)29)16-26-27-24(30)21-15-25(21,18-9-5-3-6-10-18)19-11-7-4-8-12-19/h3-14,16,21,29H,2,15H2,1H3,(H,27,30)/p-1/b26-16-/t21-/m1/s1. The molecule has 3 aromatic carbocycles. The van der Waals surface area contributed by atoms with Crippen molar-refractivity contribution < 1.29 is 19.6 Å². The second kappa shape index (κ2) is 9.12. The number of hydrazone groups is 1. The molecule has 168 valence electrons. The van der Waals surface area contributed by atoms with Crippen LogP contribution in [0.4, 0.5) is 5.69 Å². The van der Waals surface area contributed by atoms with Gasteiger partial charge in [-0.25, -0.2) is 5.43 Å². The van der Waals surface area contributed by atoms with Crippen molar-refractivity contribution in [2.45, 2.75) is 18.8 Å². The molecule has 1 N–H and O–H groups in total. The lowest BCUT2D eigenvalue weighted by Gasteiger charge is -2.18. The molecule has 1 atom stereocenters. The van der Waals surface area contributed by atoms with Gasteiger partial charge < -0.3 is 9.84 Å². The maximum atomic E-state index is 13.0. The number of nitro groups is 1. The number of carbonyl (C=O) groups is 1. The van der Waals surface area contributed by atoms with Crippen LogP contribution in [0.3, 0.4) is 0 Å². The summed E-state index contributed by atoms with van der Waals surface area (Å²) in [4.78, 5) is 23.5. The Balaban J connectivity index is 1.56. The van der Waals surface area contributed by atoms with Crippen LogP contribution in [-0.2, 0) is 10.2 Å². The maximum absolute atomic E-state index is 13.0.